The number of aryl methyl sites for hydroxylation is 1. The summed E-state index contributed by atoms with van der Waals surface area (Å²) in [5, 5.41) is 14.2. The summed E-state index contributed by atoms with van der Waals surface area (Å²) in [7, 11) is -4.02. The molecule has 2 aromatic carbocycles. The minimum absolute atomic E-state index is 0.0426. The highest BCUT2D eigenvalue weighted by atomic mass is 35.5. The monoisotopic (exact) mass is 490 g/mol. The Morgan fingerprint density at radius 2 is 1.97 bits per heavy atom. The van der Waals surface area contributed by atoms with Crippen LogP contribution in [0.3, 0.4) is 0 Å². The van der Waals surface area contributed by atoms with E-state index in [0.717, 1.165) is 16.9 Å². The first-order valence-electron chi connectivity index (χ1n) is 9.10. The summed E-state index contributed by atoms with van der Waals surface area (Å²) in [5.41, 5.74) is 1.90. The Morgan fingerprint density at radius 1 is 1.16 bits per heavy atom. The second-order valence-corrected chi connectivity index (χ2v) is 9.84. The van der Waals surface area contributed by atoms with Gasteiger partial charge < -0.3 is 4.52 Å². The zero-order valence-electron chi connectivity index (χ0n) is 16.4. The van der Waals surface area contributed by atoms with Crippen LogP contribution in [0.2, 0.25) is 5.02 Å². The van der Waals surface area contributed by atoms with Gasteiger partial charge in [-0.3, -0.25) is 10.1 Å². The Labute approximate surface area is 191 Å². The zero-order chi connectivity index (χ0) is 22.7. The molecule has 4 rings (SSSR count). The van der Waals surface area contributed by atoms with Gasteiger partial charge in [0.2, 0.25) is 21.2 Å². The highest BCUT2D eigenvalue weighted by Crippen LogP contribution is 2.25. The van der Waals surface area contributed by atoms with E-state index in [2.05, 4.69) is 30.4 Å². The molecule has 0 atom stereocenters. The van der Waals surface area contributed by atoms with Crippen molar-refractivity contribution in [2.75, 3.05) is 5.32 Å². The zero-order valence-corrected chi connectivity index (χ0v) is 18.8. The maximum absolute atomic E-state index is 12.5. The Hall–Kier alpha value is -3.19. The number of halogens is 1. The molecule has 0 aliphatic carbocycles. The molecule has 2 N–H and O–H groups in total. The molecule has 164 valence electrons. The fraction of sp³-hybridized carbons (Fsp3) is 0.105. The van der Waals surface area contributed by atoms with Gasteiger partial charge in [-0.25, -0.2) is 8.42 Å². The standard InChI is InChI=1S/C19H15ClN6O4S2/c1-11-5-4-6-12(9-11)17(27)23-18-24-25-19(31-18)32(28,29)21-10-15-22-16(26-30-15)13-7-2-3-8-14(13)20/h2-9,21H,10H2,1H3,(H,23,24,27). The lowest BCUT2D eigenvalue weighted by atomic mass is 10.1. The smallest absolute Gasteiger partial charge is 0.270 e. The number of rotatable bonds is 7. The summed E-state index contributed by atoms with van der Waals surface area (Å²) in [6, 6.07) is 13.9. The van der Waals surface area contributed by atoms with Gasteiger partial charge in [0.05, 0.1) is 11.6 Å². The van der Waals surface area contributed by atoms with Gasteiger partial charge in [-0.15, -0.1) is 10.2 Å². The maximum Gasteiger partial charge on any atom is 0.270 e. The Bertz CT molecular complexity index is 1390. The first-order valence-corrected chi connectivity index (χ1v) is 11.8. The molecule has 2 aromatic heterocycles. The van der Waals surface area contributed by atoms with Crippen molar-refractivity contribution in [2.24, 2.45) is 0 Å². The number of aromatic nitrogens is 4. The van der Waals surface area contributed by atoms with Crippen LogP contribution in [-0.4, -0.2) is 34.7 Å². The van der Waals surface area contributed by atoms with Gasteiger partial charge in [0.15, 0.2) is 0 Å². The minimum atomic E-state index is -4.02. The third-order valence-electron chi connectivity index (χ3n) is 4.13. The molecule has 0 spiro atoms. The number of amides is 1. The Balaban J connectivity index is 1.41. The lowest BCUT2D eigenvalue weighted by Gasteiger charge is -2.02. The Morgan fingerprint density at radius 3 is 2.75 bits per heavy atom. The van der Waals surface area contributed by atoms with E-state index in [1.807, 2.05) is 13.0 Å². The summed E-state index contributed by atoms with van der Waals surface area (Å²) in [6.45, 7) is 1.60. The number of anilines is 1. The highest BCUT2D eigenvalue weighted by Gasteiger charge is 2.22. The number of nitrogens with one attached hydrogen (secondary N) is 2. The second kappa shape index (κ2) is 9.12. The van der Waals surface area contributed by atoms with Crippen molar-refractivity contribution in [3.8, 4) is 11.4 Å². The van der Waals surface area contributed by atoms with Crippen LogP contribution < -0.4 is 10.0 Å². The molecule has 0 aliphatic rings. The van der Waals surface area contributed by atoms with Crippen molar-refractivity contribution in [3.63, 3.8) is 0 Å². The molecule has 0 bridgehead atoms. The number of benzene rings is 2. The molecule has 13 heteroatoms. The van der Waals surface area contributed by atoms with E-state index in [0.29, 0.717) is 16.1 Å². The van der Waals surface area contributed by atoms with Crippen molar-refractivity contribution < 1.29 is 17.7 Å². The summed E-state index contributed by atoms with van der Waals surface area (Å²) in [4.78, 5) is 16.4. The van der Waals surface area contributed by atoms with E-state index >= 15 is 0 Å². The van der Waals surface area contributed by atoms with Crippen molar-refractivity contribution in [2.45, 2.75) is 17.8 Å². The molecular formula is C19H15ClN6O4S2. The normalized spacial score (nSPS) is 11.4. The second-order valence-electron chi connectivity index (χ2n) is 6.51. The van der Waals surface area contributed by atoms with Gasteiger partial charge in [-0.2, -0.15) is 9.71 Å². The highest BCUT2D eigenvalue weighted by molar-refractivity contribution is 7.91. The number of hydrogen-bond donors (Lipinski definition) is 2. The van der Waals surface area contributed by atoms with Crippen molar-refractivity contribution >= 4 is 44.0 Å². The first kappa shape index (κ1) is 22.0. The number of carbonyl (C=O) groups excluding carboxylic acids is 1. The van der Waals surface area contributed by atoms with E-state index < -0.39 is 15.9 Å². The minimum Gasteiger partial charge on any atom is -0.338 e. The van der Waals surface area contributed by atoms with Gasteiger partial charge in [-0.05, 0) is 31.2 Å². The van der Waals surface area contributed by atoms with Crippen LogP contribution in [0.15, 0.2) is 57.4 Å². The van der Waals surface area contributed by atoms with Crippen LogP contribution in [0.1, 0.15) is 21.8 Å². The quantitative estimate of drug-likeness (QED) is 0.376. The van der Waals surface area contributed by atoms with Gasteiger partial charge in [-0.1, -0.05) is 57.9 Å². The van der Waals surface area contributed by atoms with E-state index in [-0.39, 0.29) is 27.7 Å². The molecule has 0 fully saturated rings. The van der Waals surface area contributed by atoms with Crippen LogP contribution in [0, 0.1) is 6.92 Å². The average molecular weight is 491 g/mol. The van der Waals surface area contributed by atoms with Crippen LogP contribution in [0.4, 0.5) is 5.13 Å². The fourth-order valence-electron chi connectivity index (χ4n) is 2.62. The summed E-state index contributed by atoms with van der Waals surface area (Å²) in [5.74, 6) is -0.137. The maximum atomic E-state index is 12.5. The van der Waals surface area contributed by atoms with Crippen LogP contribution >= 0.6 is 22.9 Å². The molecule has 32 heavy (non-hydrogen) atoms. The third kappa shape index (κ3) is 4.99. The van der Waals surface area contributed by atoms with E-state index in [1.54, 1.807) is 42.5 Å². The van der Waals surface area contributed by atoms with Gasteiger partial charge >= 0.3 is 0 Å². The molecule has 10 nitrogen and oxygen atoms in total. The Kier molecular flexibility index (Phi) is 6.28. The van der Waals surface area contributed by atoms with Gasteiger partial charge in [0, 0.05) is 11.1 Å². The SMILES string of the molecule is Cc1cccc(C(=O)Nc2nnc(S(=O)(=O)NCc3nc(-c4ccccc4Cl)no3)s2)c1. The predicted octanol–water partition coefficient (Wildman–Crippen LogP) is 3.28. The lowest BCUT2D eigenvalue weighted by Crippen LogP contribution is -2.23. The van der Waals surface area contributed by atoms with Crippen LogP contribution in [0.5, 0.6) is 0 Å². The topological polar surface area (TPSA) is 140 Å². The average Bonchev–Trinajstić information content (AvgIpc) is 3.43. The fourth-order valence-corrected chi connectivity index (χ4v) is 4.75. The molecule has 0 radical (unpaired) electrons. The van der Waals surface area contributed by atoms with Crippen molar-refractivity contribution in [1.29, 1.82) is 0 Å². The van der Waals surface area contributed by atoms with Crippen molar-refractivity contribution in [1.82, 2.24) is 25.1 Å². The molecule has 0 saturated heterocycles. The lowest BCUT2D eigenvalue weighted by molar-refractivity contribution is 0.102. The summed E-state index contributed by atoms with van der Waals surface area (Å²) < 4.78 is 32.1. The number of hydrogen-bond acceptors (Lipinski definition) is 9. The van der Waals surface area contributed by atoms with Gasteiger partial charge in [0.1, 0.15) is 0 Å². The molecule has 2 heterocycles. The largest absolute Gasteiger partial charge is 0.338 e. The summed E-state index contributed by atoms with van der Waals surface area (Å²) in [6.07, 6.45) is 0. The van der Waals surface area contributed by atoms with E-state index in [4.69, 9.17) is 16.1 Å². The van der Waals surface area contributed by atoms with E-state index in [9.17, 15) is 13.2 Å². The predicted molar refractivity (Wildman–Crippen MR) is 118 cm³/mol. The molecule has 0 saturated carbocycles. The third-order valence-corrected chi connectivity index (χ3v) is 7.07. The summed E-state index contributed by atoms with van der Waals surface area (Å²) >= 11 is 6.82. The molecule has 4 aromatic rings. The molecule has 0 aliphatic heterocycles. The van der Waals surface area contributed by atoms with Crippen LogP contribution in [0.25, 0.3) is 11.4 Å². The number of sulfonamides is 1. The van der Waals surface area contributed by atoms with Gasteiger partial charge in [0.25, 0.3) is 15.9 Å². The number of nitrogens with zero attached hydrogens (tertiary/aromatic N) is 4. The van der Waals surface area contributed by atoms with E-state index in [1.165, 1.54) is 0 Å². The number of carbonyl (C=O) groups is 1. The van der Waals surface area contributed by atoms with Crippen molar-refractivity contribution in [3.05, 3.63) is 70.6 Å². The first-order chi connectivity index (χ1) is 15.3. The molecule has 1 amide bonds. The molecular weight excluding hydrogens is 476 g/mol. The molecule has 0 unspecified atom stereocenters. The van der Waals surface area contributed by atoms with Crippen LogP contribution in [-0.2, 0) is 16.6 Å².